The van der Waals surface area contributed by atoms with Gasteiger partial charge in [0.1, 0.15) is 0 Å². The Bertz CT molecular complexity index is 133. The van der Waals surface area contributed by atoms with Gasteiger partial charge in [-0.25, -0.2) is 0 Å². The molecule has 1 atom stereocenters. The van der Waals surface area contributed by atoms with Crippen LogP contribution in [0.2, 0.25) is 0 Å². The van der Waals surface area contributed by atoms with Crippen LogP contribution in [0.5, 0.6) is 0 Å². The summed E-state index contributed by atoms with van der Waals surface area (Å²) in [5, 5.41) is 8.69. The largest absolute Gasteiger partial charge is 0.379 e. The van der Waals surface area contributed by atoms with E-state index < -0.39 is 6.29 Å². The molecule has 0 radical (unpaired) electrons. The van der Waals surface area contributed by atoms with Crippen LogP contribution in [0, 0.1) is 5.92 Å². The number of aliphatic hydroxyl groups excluding tert-OH is 1. The highest BCUT2D eigenvalue weighted by Gasteiger charge is 2.07. The summed E-state index contributed by atoms with van der Waals surface area (Å²) in [6, 6.07) is 0. The fourth-order valence-corrected chi connectivity index (χ4v) is 1.26. The van der Waals surface area contributed by atoms with Crippen LogP contribution < -0.4 is 0 Å². The van der Waals surface area contributed by atoms with Crippen LogP contribution in [0.4, 0.5) is 0 Å². The Morgan fingerprint density at radius 1 is 1.17 bits per heavy atom. The molecule has 0 aromatic rings. The summed E-state index contributed by atoms with van der Waals surface area (Å²) in [5.41, 5.74) is 0. The van der Waals surface area contributed by atoms with Crippen molar-refractivity contribution >= 4 is 0 Å². The maximum atomic E-state index is 8.69. The molecule has 0 saturated carbocycles. The van der Waals surface area contributed by atoms with Gasteiger partial charge in [-0.3, -0.25) is 0 Å². The van der Waals surface area contributed by atoms with E-state index >= 15 is 0 Å². The van der Waals surface area contributed by atoms with E-state index in [9.17, 15) is 0 Å². The van der Waals surface area contributed by atoms with Crippen molar-refractivity contribution < 1.29 is 14.6 Å². The molecule has 0 amide bonds. The van der Waals surface area contributed by atoms with Gasteiger partial charge in [0.15, 0.2) is 6.29 Å². The molecule has 1 heterocycles. The summed E-state index contributed by atoms with van der Waals surface area (Å²) < 4.78 is 10.2. The van der Waals surface area contributed by atoms with Crippen molar-refractivity contribution in [2.24, 2.45) is 5.92 Å². The lowest BCUT2D eigenvalue weighted by Gasteiger charge is -2.16. The maximum absolute atomic E-state index is 8.69. The molecule has 1 unspecified atom stereocenters. The van der Waals surface area contributed by atoms with Crippen molar-refractivity contribution in [2.75, 3.05) is 13.2 Å². The predicted molar refractivity (Wildman–Crippen MR) is 77.7 cm³/mol. The predicted octanol–water partition coefficient (Wildman–Crippen LogP) is 3.99. The van der Waals surface area contributed by atoms with Crippen LogP contribution >= 0.6 is 0 Å². The minimum atomic E-state index is -0.464. The smallest absolute Gasteiger partial charge is 0.154 e. The second-order valence-corrected chi connectivity index (χ2v) is 4.92. The van der Waals surface area contributed by atoms with Gasteiger partial charge in [-0.1, -0.05) is 27.7 Å². The van der Waals surface area contributed by atoms with Gasteiger partial charge in [0.05, 0.1) is 6.10 Å². The minimum Gasteiger partial charge on any atom is -0.379 e. The van der Waals surface area contributed by atoms with E-state index in [-0.39, 0.29) is 0 Å². The van der Waals surface area contributed by atoms with Crippen LogP contribution in [0.3, 0.4) is 0 Å². The Hall–Kier alpha value is -0.120. The zero-order valence-electron chi connectivity index (χ0n) is 13.2. The average molecular weight is 262 g/mol. The Morgan fingerprint density at radius 3 is 2.06 bits per heavy atom. The topological polar surface area (TPSA) is 38.7 Å². The molecule has 112 valence electrons. The molecule has 1 rings (SSSR count). The molecule has 1 saturated heterocycles. The first-order chi connectivity index (χ1) is 8.52. The highest BCUT2D eigenvalue weighted by Crippen LogP contribution is 2.08. The van der Waals surface area contributed by atoms with E-state index in [4.69, 9.17) is 14.6 Å². The van der Waals surface area contributed by atoms with E-state index in [1.165, 1.54) is 6.42 Å². The summed E-state index contributed by atoms with van der Waals surface area (Å²) >= 11 is 0. The summed E-state index contributed by atoms with van der Waals surface area (Å²) in [6.07, 6.45) is 4.15. The fourth-order valence-electron chi connectivity index (χ4n) is 1.26. The first kappa shape index (κ1) is 20.2. The van der Waals surface area contributed by atoms with Gasteiger partial charge in [0.2, 0.25) is 0 Å². The molecule has 0 bridgehead atoms. The summed E-state index contributed by atoms with van der Waals surface area (Å²) in [7, 11) is 0. The zero-order chi connectivity index (χ0) is 14.4. The SMILES string of the molecule is CC.CC(C)CCOC(C)C.OC1CCCCO1. The van der Waals surface area contributed by atoms with Crippen molar-refractivity contribution in [3.8, 4) is 0 Å². The molecule has 3 nitrogen and oxygen atoms in total. The van der Waals surface area contributed by atoms with Crippen molar-refractivity contribution in [1.29, 1.82) is 0 Å². The first-order valence-corrected chi connectivity index (χ1v) is 7.43. The van der Waals surface area contributed by atoms with Gasteiger partial charge in [-0.05, 0) is 45.4 Å². The lowest BCUT2D eigenvalue weighted by Crippen LogP contribution is -2.17. The third-order valence-corrected chi connectivity index (χ3v) is 2.30. The van der Waals surface area contributed by atoms with Gasteiger partial charge >= 0.3 is 0 Å². The number of ether oxygens (including phenoxy) is 2. The molecule has 1 aliphatic heterocycles. The van der Waals surface area contributed by atoms with E-state index in [0.29, 0.717) is 6.10 Å². The van der Waals surface area contributed by atoms with Crippen LogP contribution in [0.25, 0.3) is 0 Å². The second-order valence-electron chi connectivity index (χ2n) is 4.92. The molecular weight excluding hydrogens is 228 g/mol. The van der Waals surface area contributed by atoms with Crippen LogP contribution in [-0.2, 0) is 9.47 Å². The fraction of sp³-hybridized carbons (Fsp3) is 1.00. The number of hydrogen-bond donors (Lipinski definition) is 1. The quantitative estimate of drug-likeness (QED) is 0.832. The minimum absolute atomic E-state index is 0.392. The third-order valence-electron chi connectivity index (χ3n) is 2.30. The monoisotopic (exact) mass is 262 g/mol. The average Bonchev–Trinajstić information content (AvgIpc) is 2.32. The molecule has 0 spiro atoms. The zero-order valence-corrected chi connectivity index (χ0v) is 13.2. The molecular formula is C15H34O3. The standard InChI is InChI=1S/C8H18O.C5H10O2.C2H6/c1-7(2)5-6-9-8(3)4;6-5-3-1-2-4-7-5;1-2/h7-8H,5-6H2,1-4H3;5-6H,1-4H2;1-2H3. The molecule has 1 fully saturated rings. The Kier molecular flexibility index (Phi) is 16.8. The lowest BCUT2D eigenvalue weighted by atomic mass is 10.1. The maximum Gasteiger partial charge on any atom is 0.154 e. The van der Waals surface area contributed by atoms with Crippen molar-refractivity contribution in [1.82, 2.24) is 0 Å². The highest BCUT2D eigenvalue weighted by molar-refractivity contribution is 4.50. The van der Waals surface area contributed by atoms with E-state index in [1.54, 1.807) is 0 Å². The van der Waals surface area contributed by atoms with Crippen molar-refractivity contribution in [3.05, 3.63) is 0 Å². The number of hydrogen-bond acceptors (Lipinski definition) is 3. The Morgan fingerprint density at radius 2 is 1.78 bits per heavy atom. The lowest BCUT2D eigenvalue weighted by molar-refractivity contribution is -0.123. The molecule has 3 heteroatoms. The normalized spacial score (nSPS) is 18.8. The molecule has 0 aliphatic carbocycles. The second kappa shape index (κ2) is 14.9. The molecule has 1 N–H and O–H groups in total. The van der Waals surface area contributed by atoms with Crippen molar-refractivity contribution in [2.45, 2.75) is 79.6 Å². The number of aliphatic hydroxyl groups is 1. The summed E-state index contributed by atoms with van der Waals surface area (Å²) in [5.74, 6) is 0.767. The van der Waals surface area contributed by atoms with Crippen LogP contribution in [-0.4, -0.2) is 30.7 Å². The highest BCUT2D eigenvalue weighted by atomic mass is 16.6. The van der Waals surface area contributed by atoms with E-state index in [0.717, 1.165) is 38.4 Å². The van der Waals surface area contributed by atoms with Gasteiger partial charge in [0.25, 0.3) is 0 Å². The van der Waals surface area contributed by atoms with Crippen molar-refractivity contribution in [3.63, 3.8) is 0 Å². The van der Waals surface area contributed by atoms with Gasteiger partial charge in [-0.15, -0.1) is 0 Å². The Labute approximate surface area is 114 Å². The Balaban J connectivity index is 0. The molecule has 0 aromatic carbocycles. The van der Waals surface area contributed by atoms with E-state index in [1.807, 2.05) is 13.8 Å². The third kappa shape index (κ3) is 18.3. The van der Waals surface area contributed by atoms with Gasteiger partial charge in [0, 0.05) is 13.2 Å². The van der Waals surface area contributed by atoms with Crippen LogP contribution in [0.15, 0.2) is 0 Å². The first-order valence-electron chi connectivity index (χ1n) is 7.43. The number of rotatable bonds is 4. The summed E-state index contributed by atoms with van der Waals surface area (Å²) in [6.45, 7) is 14.2. The van der Waals surface area contributed by atoms with Gasteiger partial charge < -0.3 is 14.6 Å². The summed E-state index contributed by atoms with van der Waals surface area (Å²) in [4.78, 5) is 0. The molecule has 0 aromatic heterocycles. The van der Waals surface area contributed by atoms with Gasteiger partial charge in [-0.2, -0.15) is 0 Å². The molecule has 1 aliphatic rings. The molecule has 18 heavy (non-hydrogen) atoms. The van der Waals surface area contributed by atoms with Crippen LogP contribution in [0.1, 0.15) is 67.2 Å². The van der Waals surface area contributed by atoms with E-state index in [2.05, 4.69) is 27.7 Å².